The van der Waals surface area contributed by atoms with E-state index in [0.717, 1.165) is 0 Å². The molecule has 1 aromatic heterocycles. The van der Waals surface area contributed by atoms with E-state index in [1.54, 1.807) is 0 Å². The van der Waals surface area contributed by atoms with Crippen LogP contribution in [0.3, 0.4) is 0 Å². The number of hydrogen-bond acceptors (Lipinski definition) is 6. The molecule has 0 aliphatic rings. The third-order valence-corrected chi connectivity index (χ3v) is 1.33. The quantitative estimate of drug-likeness (QED) is 0.358. The van der Waals surface area contributed by atoms with E-state index in [-0.39, 0.29) is 43.4 Å². The van der Waals surface area contributed by atoms with E-state index < -0.39 is 0 Å². The largest absolute Gasteiger partial charge is 1.00 e. The Morgan fingerprint density at radius 3 is 2.00 bits per heavy atom. The molecule has 8 heteroatoms. The van der Waals surface area contributed by atoms with E-state index in [0.29, 0.717) is 0 Å². The highest BCUT2D eigenvalue weighted by Crippen LogP contribution is 1.96. The molecule has 0 fully saturated rings. The Morgan fingerprint density at radius 2 is 1.62 bits per heavy atom. The maximum atomic E-state index is 8.62. The minimum atomic E-state index is -0.0770. The highest BCUT2D eigenvalue weighted by Gasteiger charge is 2.11. The summed E-state index contributed by atoms with van der Waals surface area (Å²) in [6, 6.07) is 0. The lowest BCUT2D eigenvalue weighted by atomic mass is 10.6. The summed E-state index contributed by atoms with van der Waals surface area (Å²) < 4.78 is 1.37. The summed E-state index contributed by atoms with van der Waals surface area (Å²) in [7, 11) is 0. The predicted octanol–water partition coefficient (Wildman–Crippen LogP) is -5.49. The van der Waals surface area contributed by atoms with Gasteiger partial charge in [0, 0.05) is 0 Å². The first kappa shape index (κ1) is 11.7. The summed E-state index contributed by atoms with van der Waals surface area (Å²) in [6.07, 6.45) is 0. The normalized spacial score (nSPS) is 9.31. The molecule has 0 atom stereocenters. The third-order valence-electron chi connectivity index (χ3n) is 1.33. The van der Waals surface area contributed by atoms with E-state index in [1.165, 1.54) is 4.57 Å². The molecule has 74 valence electrons. The summed E-state index contributed by atoms with van der Waals surface area (Å²) in [6.45, 7) is 0.185. The van der Waals surface area contributed by atoms with Gasteiger partial charge in [-0.15, -0.1) is 0 Å². The minimum Gasteiger partial charge on any atom is -1.00 e. The number of rotatable bonds is 2. The third kappa shape index (κ3) is 2.56. The highest BCUT2D eigenvalue weighted by molar-refractivity contribution is 5.26. The zero-order chi connectivity index (χ0) is 9.14. The number of hydrogen-bond donors (Lipinski definition) is 4. The predicted molar refractivity (Wildman–Crippen MR) is 42.5 cm³/mol. The summed E-state index contributed by atoms with van der Waals surface area (Å²) >= 11 is 0. The van der Waals surface area contributed by atoms with Crippen molar-refractivity contribution < 1.29 is 22.1 Å². The van der Waals surface area contributed by atoms with Crippen molar-refractivity contribution in [3.05, 3.63) is 0 Å². The molecule has 1 heterocycles. The van der Waals surface area contributed by atoms with Crippen molar-refractivity contribution in [2.75, 3.05) is 23.8 Å². The molecule has 13 heavy (non-hydrogen) atoms. The van der Waals surface area contributed by atoms with Gasteiger partial charge in [-0.05, 0) is 0 Å². The number of nitrogens with two attached hydrogens (primary N) is 3. The summed E-state index contributed by atoms with van der Waals surface area (Å²) in [5.74, 6) is 0.322. The molecular formula is C5H11ClN6O. The van der Waals surface area contributed by atoms with Crippen LogP contribution >= 0.6 is 0 Å². The van der Waals surface area contributed by atoms with Gasteiger partial charge in [-0.3, -0.25) is 0 Å². The van der Waals surface area contributed by atoms with Crippen LogP contribution in [0, 0.1) is 0 Å². The van der Waals surface area contributed by atoms with Crippen LogP contribution in [0.15, 0.2) is 0 Å². The number of aliphatic hydroxyl groups excluding tert-OH is 1. The molecule has 0 amide bonds. The lowest BCUT2D eigenvalue weighted by Crippen LogP contribution is -3.00. The maximum Gasteiger partial charge on any atom is 0.322 e. The van der Waals surface area contributed by atoms with Gasteiger partial charge in [-0.25, -0.2) is 4.57 Å². The van der Waals surface area contributed by atoms with Crippen molar-refractivity contribution in [3.8, 4) is 0 Å². The number of aliphatic hydroxyl groups is 1. The van der Waals surface area contributed by atoms with Gasteiger partial charge in [0.05, 0.1) is 13.2 Å². The van der Waals surface area contributed by atoms with Crippen LogP contribution in [-0.4, -0.2) is 21.7 Å². The molecule has 0 bridgehead atoms. The Bertz CT molecular complexity index is 269. The Morgan fingerprint density at radius 1 is 1.15 bits per heavy atom. The second-order valence-corrected chi connectivity index (χ2v) is 2.17. The fraction of sp³-hybridized carbons (Fsp3) is 0.400. The van der Waals surface area contributed by atoms with Gasteiger partial charge < -0.3 is 34.7 Å². The van der Waals surface area contributed by atoms with E-state index >= 15 is 0 Å². The van der Waals surface area contributed by atoms with Crippen LogP contribution in [-0.2, 0) is 6.54 Å². The summed E-state index contributed by atoms with van der Waals surface area (Å²) in [5.41, 5.74) is 16.2. The number of nitrogens with zero attached hydrogens (tertiary/aromatic N) is 3. The molecular weight excluding hydrogens is 196 g/mol. The van der Waals surface area contributed by atoms with Crippen LogP contribution in [0.1, 0.15) is 0 Å². The van der Waals surface area contributed by atoms with Gasteiger partial charge in [0.15, 0.2) is 0 Å². The molecule has 0 radical (unpaired) electrons. The highest BCUT2D eigenvalue weighted by atomic mass is 35.5. The van der Waals surface area contributed by atoms with E-state index in [1.807, 2.05) is 0 Å². The Kier molecular flexibility index (Phi) is 4.15. The van der Waals surface area contributed by atoms with Crippen molar-refractivity contribution >= 4 is 17.8 Å². The fourth-order valence-electron chi connectivity index (χ4n) is 0.827. The van der Waals surface area contributed by atoms with Gasteiger partial charge in [-0.2, -0.15) is 0 Å². The first-order valence-corrected chi connectivity index (χ1v) is 3.34. The van der Waals surface area contributed by atoms with E-state index in [4.69, 9.17) is 22.3 Å². The smallest absolute Gasteiger partial charge is 0.322 e. The van der Waals surface area contributed by atoms with Crippen molar-refractivity contribution in [2.24, 2.45) is 0 Å². The fourth-order valence-corrected chi connectivity index (χ4v) is 0.827. The molecule has 0 spiro atoms. The van der Waals surface area contributed by atoms with Crippen LogP contribution in [0.2, 0.25) is 0 Å². The molecule has 1 aromatic rings. The van der Waals surface area contributed by atoms with Crippen molar-refractivity contribution in [2.45, 2.75) is 6.54 Å². The second kappa shape index (κ2) is 4.63. The van der Waals surface area contributed by atoms with Crippen molar-refractivity contribution in [3.63, 3.8) is 0 Å². The first-order chi connectivity index (χ1) is 5.65. The topological polar surface area (TPSA) is 128 Å². The zero-order valence-corrected chi connectivity index (χ0v) is 7.57. The average Bonchev–Trinajstić information content (AvgIpc) is 1.96. The van der Waals surface area contributed by atoms with Crippen LogP contribution in [0.25, 0.3) is 0 Å². The monoisotopic (exact) mass is 206 g/mol. The van der Waals surface area contributed by atoms with E-state index in [2.05, 4.69) is 9.97 Å². The van der Waals surface area contributed by atoms with E-state index in [9.17, 15) is 0 Å². The summed E-state index contributed by atoms with van der Waals surface area (Å²) in [5, 5.41) is 8.62. The maximum absolute atomic E-state index is 8.62. The van der Waals surface area contributed by atoms with Gasteiger partial charge in [0.1, 0.15) is 0 Å². The number of halogens is 1. The van der Waals surface area contributed by atoms with Gasteiger partial charge in [0.25, 0.3) is 0 Å². The minimum absolute atomic E-state index is 0. The molecule has 7 nitrogen and oxygen atoms in total. The molecule has 0 unspecified atom stereocenters. The van der Waals surface area contributed by atoms with Crippen LogP contribution in [0.5, 0.6) is 0 Å². The molecule has 0 saturated heterocycles. The second-order valence-electron chi connectivity index (χ2n) is 2.17. The Hall–Kier alpha value is -1.34. The Labute approximate surface area is 81.0 Å². The molecule has 7 N–H and O–H groups in total. The molecule has 0 aliphatic heterocycles. The number of aromatic nitrogens is 3. The molecule has 0 saturated carbocycles. The van der Waals surface area contributed by atoms with Gasteiger partial charge >= 0.3 is 17.8 Å². The Balaban J connectivity index is 0.00000144. The van der Waals surface area contributed by atoms with Crippen molar-refractivity contribution in [1.29, 1.82) is 0 Å². The average molecular weight is 207 g/mol. The standard InChI is InChI=1S/C5H10N6O.ClH/c6-3-9-4(7)11(1-2-12)5(8)10-3;/h12H,1-2H2,(H5,6,7,8,9,10);1H. The number of nitrogen functional groups attached to an aromatic ring is 3. The van der Waals surface area contributed by atoms with Crippen molar-refractivity contribution in [1.82, 2.24) is 9.97 Å². The van der Waals surface area contributed by atoms with Gasteiger partial charge in [-0.1, -0.05) is 9.97 Å². The zero-order valence-electron chi connectivity index (χ0n) is 6.81. The SMILES string of the molecule is Nc1nc(N)[n+](CCO)c(N)n1.[Cl-]. The first-order valence-electron chi connectivity index (χ1n) is 3.34. The lowest BCUT2D eigenvalue weighted by molar-refractivity contribution is -0.674. The molecule has 0 aliphatic carbocycles. The molecule has 1 rings (SSSR count). The van der Waals surface area contributed by atoms with Crippen LogP contribution < -0.4 is 34.2 Å². The number of anilines is 3. The summed E-state index contributed by atoms with van der Waals surface area (Å²) in [4.78, 5) is 7.34. The van der Waals surface area contributed by atoms with Gasteiger partial charge in [0.2, 0.25) is 0 Å². The molecule has 0 aromatic carbocycles. The van der Waals surface area contributed by atoms with Crippen LogP contribution in [0.4, 0.5) is 17.8 Å². The lowest BCUT2D eigenvalue weighted by Gasteiger charge is -2.02.